The van der Waals surface area contributed by atoms with E-state index < -0.39 is 0 Å². The van der Waals surface area contributed by atoms with E-state index in [0.717, 1.165) is 10.9 Å². The van der Waals surface area contributed by atoms with E-state index >= 15 is 0 Å². The summed E-state index contributed by atoms with van der Waals surface area (Å²) in [6.45, 7) is 3.48. The largest absolute Gasteiger partial charge is 0.461 e. The molecule has 7 nitrogen and oxygen atoms in total. The number of nitrogens with zero attached hydrogens (tertiary/aromatic N) is 3. The molecule has 1 atom stereocenters. The van der Waals surface area contributed by atoms with E-state index in [2.05, 4.69) is 10.3 Å². The first kappa shape index (κ1) is 23.7. The van der Waals surface area contributed by atoms with Gasteiger partial charge in [-0.25, -0.2) is 9.97 Å². The van der Waals surface area contributed by atoms with Crippen LogP contribution < -0.4 is 10.2 Å². The van der Waals surface area contributed by atoms with Crippen molar-refractivity contribution in [3.05, 3.63) is 77.5 Å². The molecule has 0 aliphatic heterocycles. The van der Waals surface area contributed by atoms with Crippen LogP contribution in [0.1, 0.15) is 24.9 Å². The van der Waals surface area contributed by atoms with Crippen LogP contribution in [0.3, 0.4) is 0 Å². The van der Waals surface area contributed by atoms with Crippen LogP contribution in [0.5, 0.6) is 0 Å². The van der Waals surface area contributed by atoms with Gasteiger partial charge in [-0.05, 0) is 42.8 Å². The van der Waals surface area contributed by atoms with Gasteiger partial charge in [0.15, 0.2) is 11.6 Å². The van der Waals surface area contributed by atoms with Crippen LogP contribution in [0.4, 0.5) is 5.82 Å². The van der Waals surface area contributed by atoms with E-state index in [9.17, 15) is 4.79 Å². The Morgan fingerprint density at radius 1 is 1.12 bits per heavy atom. The van der Waals surface area contributed by atoms with Crippen LogP contribution in [-0.4, -0.2) is 42.7 Å². The van der Waals surface area contributed by atoms with Gasteiger partial charge in [-0.3, -0.25) is 4.79 Å². The third-order valence-electron chi connectivity index (χ3n) is 5.53. The molecule has 0 aliphatic rings. The molecule has 0 fully saturated rings. The van der Waals surface area contributed by atoms with E-state index in [1.807, 2.05) is 60.4 Å². The number of nitrogens with one attached hydrogen (secondary N) is 1. The van der Waals surface area contributed by atoms with Crippen molar-refractivity contribution in [1.29, 1.82) is 0 Å². The number of ether oxygens (including phenoxy) is 1. The average Bonchev–Trinajstić information content (AvgIpc) is 3.39. The van der Waals surface area contributed by atoms with E-state index in [1.165, 1.54) is 0 Å². The first-order valence-electron chi connectivity index (χ1n) is 11.1. The van der Waals surface area contributed by atoms with Crippen molar-refractivity contribution in [3.8, 4) is 11.6 Å². The number of anilines is 1. The lowest BCUT2D eigenvalue weighted by molar-refractivity contribution is -0.121. The molecule has 0 radical (unpaired) electrons. The molecule has 0 saturated heterocycles. The molecule has 176 valence electrons. The number of carbonyl (C=O) groups is 1. The number of fused-ring (bicyclic) bond motifs is 1. The smallest absolute Gasteiger partial charge is 0.222 e. The summed E-state index contributed by atoms with van der Waals surface area (Å²) < 4.78 is 10.9. The monoisotopic (exact) mass is 478 g/mol. The Morgan fingerprint density at radius 3 is 2.68 bits per heavy atom. The lowest BCUT2D eigenvalue weighted by Crippen LogP contribution is -2.34. The van der Waals surface area contributed by atoms with Crippen LogP contribution in [0.15, 0.2) is 71.3 Å². The number of benzene rings is 2. The molecule has 0 unspecified atom stereocenters. The lowest BCUT2D eigenvalue weighted by atomic mass is 10.1. The van der Waals surface area contributed by atoms with Gasteiger partial charge < -0.3 is 19.4 Å². The molecule has 1 N–H and O–H groups in total. The summed E-state index contributed by atoms with van der Waals surface area (Å²) in [6, 6.07) is 18.9. The predicted octanol–water partition coefficient (Wildman–Crippen LogP) is 5.26. The molecule has 2 aromatic carbocycles. The van der Waals surface area contributed by atoms with E-state index in [-0.39, 0.29) is 11.9 Å². The summed E-state index contributed by atoms with van der Waals surface area (Å²) in [6.07, 6.45) is 1.89. The SMILES string of the molecule is COCCN(CCC(=O)N[C@H](C)c1ccccc1)c1nc(-c2ccco2)nc2cc(Cl)ccc12. The normalized spacial score (nSPS) is 12.0. The first-order valence-corrected chi connectivity index (χ1v) is 11.5. The zero-order valence-corrected chi connectivity index (χ0v) is 20.0. The number of amides is 1. The van der Waals surface area contributed by atoms with Crippen molar-refractivity contribution in [2.75, 3.05) is 31.7 Å². The Bertz CT molecular complexity index is 1230. The molecule has 34 heavy (non-hydrogen) atoms. The fourth-order valence-electron chi connectivity index (χ4n) is 3.74. The second kappa shape index (κ2) is 11.1. The van der Waals surface area contributed by atoms with Gasteiger partial charge in [0.1, 0.15) is 5.82 Å². The summed E-state index contributed by atoms with van der Waals surface area (Å²) in [5.74, 6) is 1.68. The topological polar surface area (TPSA) is 80.5 Å². The lowest BCUT2D eigenvalue weighted by Gasteiger charge is -2.25. The highest BCUT2D eigenvalue weighted by Gasteiger charge is 2.19. The van der Waals surface area contributed by atoms with Crippen LogP contribution >= 0.6 is 11.6 Å². The molecule has 1 amide bonds. The third-order valence-corrected chi connectivity index (χ3v) is 5.77. The molecule has 0 spiro atoms. The van der Waals surface area contributed by atoms with Crippen molar-refractivity contribution >= 4 is 34.2 Å². The zero-order chi connectivity index (χ0) is 23.9. The molecule has 0 aliphatic carbocycles. The van der Waals surface area contributed by atoms with Crippen molar-refractivity contribution in [2.24, 2.45) is 0 Å². The van der Waals surface area contributed by atoms with E-state index in [4.69, 9.17) is 25.7 Å². The summed E-state index contributed by atoms with van der Waals surface area (Å²) in [5, 5.41) is 4.50. The van der Waals surface area contributed by atoms with Crippen LogP contribution in [0.25, 0.3) is 22.5 Å². The standard InChI is InChI=1S/C26H27ClN4O3/c1-18(19-7-4-3-5-8-19)28-24(32)12-13-31(14-16-33-2)26-21-11-10-20(27)17-22(21)29-25(30-26)23-9-6-15-34-23/h3-11,15,17-18H,12-14,16H2,1-2H3,(H,28,32)/t18-/m1/s1. The Morgan fingerprint density at radius 2 is 1.94 bits per heavy atom. The first-order chi connectivity index (χ1) is 16.5. The Hall–Kier alpha value is -3.42. The summed E-state index contributed by atoms with van der Waals surface area (Å²) >= 11 is 6.24. The van der Waals surface area contributed by atoms with Gasteiger partial charge in [-0.2, -0.15) is 0 Å². The minimum Gasteiger partial charge on any atom is -0.461 e. The van der Waals surface area contributed by atoms with Gasteiger partial charge in [0, 0.05) is 37.0 Å². The van der Waals surface area contributed by atoms with Gasteiger partial charge in [0.05, 0.1) is 24.4 Å². The predicted molar refractivity (Wildman–Crippen MR) is 134 cm³/mol. The molecule has 2 aromatic heterocycles. The van der Waals surface area contributed by atoms with E-state index in [1.54, 1.807) is 25.5 Å². The highest BCUT2D eigenvalue weighted by atomic mass is 35.5. The van der Waals surface area contributed by atoms with Gasteiger partial charge in [0.2, 0.25) is 5.91 Å². The number of methoxy groups -OCH3 is 1. The number of halogens is 1. The van der Waals surface area contributed by atoms with Crippen molar-refractivity contribution in [2.45, 2.75) is 19.4 Å². The number of aromatic nitrogens is 2. The van der Waals surface area contributed by atoms with Gasteiger partial charge >= 0.3 is 0 Å². The maximum atomic E-state index is 12.8. The Kier molecular flexibility index (Phi) is 7.77. The van der Waals surface area contributed by atoms with Gasteiger partial charge in [-0.1, -0.05) is 41.9 Å². The summed E-state index contributed by atoms with van der Waals surface area (Å²) in [5.41, 5.74) is 1.77. The third kappa shape index (κ3) is 5.73. The maximum Gasteiger partial charge on any atom is 0.222 e. The second-order valence-electron chi connectivity index (χ2n) is 7.94. The molecule has 8 heteroatoms. The number of furan rings is 1. The van der Waals surface area contributed by atoms with Crippen molar-refractivity contribution in [3.63, 3.8) is 0 Å². The van der Waals surface area contributed by atoms with Crippen molar-refractivity contribution in [1.82, 2.24) is 15.3 Å². The molecule has 4 aromatic rings. The molecule has 4 rings (SSSR count). The second-order valence-corrected chi connectivity index (χ2v) is 8.38. The highest BCUT2D eigenvalue weighted by molar-refractivity contribution is 6.31. The highest BCUT2D eigenvalue weighted by Crippen LogP contribution is 2.30. The minimum absolute atomic E-state index is 0.0357. The maximum absolute atomic E-state index is 12.8. The molecule has 0 bridgehead atoms. The van der Waals surface area contributed by atoms with E-state index in [0.29, 0.717) is 54.1 Å². The summed E-state index contributed by atoms with van der Waals surface area (Å²) in [4.78, 5) is 24.3. The molecular weight excluding hydrogens is 452 g/mol. The zero-order valence-electron chi connectivity index (χ0n) is 19.2. The van der Waals surface area contributed by atoms with Crippen molar-refractivity contribution < 1.29 is 13.9 Å². The van der Waals surface area contributed by atoms with Gasteiger partial charge in [0.25, 0.3) is 0 Å². The van der Waals surface area contributed by atoms with Crippen LogP contribution in [0.2, 0.25) is 5.02 Å². The van der Waals surface area contributed by atoms with Crippen LogP contribution in [0, 0.1) is 0 Å². The molecule has 2 heterocycles. The fraction of sp³-hybridized carbons (Fsp3) is 0.269. The van der Waals surface area contributed by atoms with Gasteiger partial charge in [-0.15, -0.1) is 0 Å². The quantitative estimate of drug-likeness (QED) is 0.334. The fourth-order valence-corrected chi connectivity index (χ4v) is 3.91. The number of carbonyl (C=O) groups excluding carboxylic acids is 1. The average molecular weight is 479 g/mol. The number of hydrogen-bond acceptors (Lipinski definition) is 6. The molecule has 0 saturated carbocycles. The number of hydrogen-bond donors (Lipinski definition) is 1. The number of rotatable bonds is 10. The minimum atomic E-state index is -0.0753. The summed E-state index contributed by atoms with van der Waals surface area (Å²) in [7, 11) is 1.65. The Balaban J connectivity index is 1.59. The Labute approximate surface area is 203 Å². The molecular formula is C26H27ClN4O3. The van der Waals surface area contributed by atoms with Crippen LogP contribution in [-0.2, 0) is 9.53 Å².